The summed E-state index contributed by atoms with van der Waals surface area (Å²) in [6, 6.07) is 6.62. The summed E-state index contributed by atoms with van der Waals surface area (Å²) in [5.41, 5.74) is 0.847. The Bertz CT molecular complexity index is 475. The molecule has 1 fully saturated rings. The summed E-state index contributed by atoms with van der Waals surface area (Å²) in [5, 5.41) is 3.33. The van der Waals surface area contributed by atoms with Gasteiger partial charge in [0, 0.05) is 19.0 Å². The monoisotopic (exact) mass is 328 g/mol. The summed E-state index contributed by atoms with van der Waals surface area (Å²) < 4.78 is 13.3. The third-order valence-corrected chi connectivity index (χ3v) is 4.11. The van der Waals surface area contributed by atoms with Gasteiger partial charge in [0.1, 0.15) is 5.82 Å². The summed E-state index contributed by atoms with van der Waals surface area (Å²) in [7, 11) is 0. The highest BCUT2D eigenvalue weighted by atomic mass is 35.5. The largest absolute Gasteiger partial charge is 0.336 e. The van der Waals surface area contributed by atoms with Crippen LogP contribution < -0.4 is 5.32 Å². The average molecular weight is 329 g/mol. The molecule has 1 aliphatic heterocycles. The predicted molar refractivity (Wildman–Crippen MR) is 89.5 cm³/mol. The first-order chi connectivity index (χ1) is 10.1. The van der Waals surface area contributed by atoms with Gasteiger partial charge < -0.3 is 10.2 Å². The van der Waals surface area contributed by atoms with Gasteiger partial charge in [-0.2, -0.15) is 0 Å². The van der Waals surface area contributed by atoms with Gasteiger partial charge in [-0.1, -0.05) is 12.1 Å². The van der Waals surface area contributed by atoms with Crippen molar-refractivity contribution < 1.29 is 9.18 Å². The molecule has 1 atom stereocenters. The lowest BCUT2D eigenvalue weighted by molar-refractivity contribution is -0.133. The third kappa shape index (κ3) is 5.58. The first-order valence-corrected chi connectivity index (χ1v) is 7.81. The lowest BCUT2D eigenvalue weighted by Crippen LogP contribution is -2.36. The normalized spacial score (nSPS) is 17.4. The second-order valence-electron chi connectivity index (χ2n) is 6.14. The van der Waals surface area contributed by atoms with Crippen molar-refractivity contribution in [2.45, 2.75) is 45.7 Å². The molecule has 0 bridgehead atoms. The predicted octanol–water partition coefficient (Wildman–Crippen LogP) is 3.37. The summed E-state index contributed by atoms with van der Waals surface area (Å²) in [6.07, 6.45) is 2.69. The minimum absolute atomic E-state index is 0. The van der Waals surface area contributed by atoms with Crippen molar-refractivity contribution >= 4 is 18.3 Å². The zero-order valence-electron chi connectivity index (χ0n) is 13.3. The third-order valence-electron chi connectivity index (χ3n) is 4.11. The Kier molecular flexibility index (Phi) is 7.83. The standard InChI is InChI=1S/C17H25FN2O.ClH/c1-13(2)20(12-15-4-3-5-16(18)10-15)17(21)7-6-14-8-9-19-11-14;/h3-5,10,13-14,19H,6-9,11-12H2,1-2H3;1H. The summed E-state index contributed by atoms with van der Waals surface area (Å²) >= 11 is 0. The van der Waals surface area contributed by atoms with E-state index in [1.807, 2.05) is 24.8 Å². The van der Waals surface area contributed by atoms with Gasteiger partial charge in [-0.25, -0.2) is 4.39 Å². The molecular weight excluding hydrogens is 303 g/mol. The maximum Gasteiger partial charge on any atom is 0.223 e. The van der Waals surface area contributed by atoms with Crippen LogP contribution in [0.1, 0.15) is 38.7 Å². The maximum absolute atomic E-state index is 13.3. The van der Waals surface area contributed by atoms with E-state index in [4.69, 9.17) is 0 Å². The minimum Gasteiger partial charge on any atom is -0.336 e. The van der Waals surface area contributed by atoms with Crippen LogP contribution in [-0.2, 0) is 11.3 Å². The second kappa shape index (κ2) is 9.11. The molecule has 0 radical (unpaired) electrons. The van der Waals surface area contributed by atoms with Crippen LogP contribution in [0.2, 0.25) is 0 Å². The highest BCUT2D eigenvalue weighted by Crippen LogP contribution is 2.17. The van der Waals surface area contributed by atoms with E-state index in [0.29, 0.717) is 18.9 Å². The van der Waals surface area contributed by atoms with E-state index in [0.717, 1.165) is 25.1 Å². The maximum atomic E-state index is 13.3. The van der Waals surface area contributed by atoms with Gasteiger partial charge in [-0.3, -0.25) is 4.79 Å². The lowest BCUT2D eigenvalue weighted by Gasteiger charge is -2.27. The smallest absolute Gasteiger partial charge is 0.223 e. The van der Waals surface area contributed by atoms with Crippen LogP contribution in [0, 0.1) is 11.7 Å². The quantitative estimate of drug-likeness (QED) is 0.868. The Balaban J connectivity index is 0.00000242. The number of amides is 1. The molecule has 1 aromatic carbocycles. The molecule has 1 N–H and O–H groups in total. The number of carbonyl (C=O) groups excluding carboxylic acids is 1. The van der Waals surface area contributed by atoms with Crippen LogP contribution >= 0.6 is 12.4 Å². The van der Waals surface area contributed by atoms with E-state index in [1.165, 1.54) is 18.6 Å². The van der Waals surface area contributed by atoms with Crippen LogP contribution in [-0.4, -0.2) is 29.9 Å². The van der Waals surface area contributed by atoms with E-state index >= 15 is 0 Å². The van der Waals surface area contributed by atoms with E-state index in [9.17, 15) is 9.18 Å². The number of nitrogens with zero attached hydrogens (tertiary/aromatic N) is 1. The zero-order chi connectivity index (χ0) is 15.2. The number of nitrogens with one attached hydrogen (secondary N) is 1. The van der Waals surface area contributed by atoms with E-state index in [2.05, 4.69) is 5.32 Å². The zero-order valence-corrected chi connectivity index (χ0v) is 14.2. The van der Waals surface area contributed by atoms with Crippen molar-refractivity contribution in [2.75, 3.05) is 13.1 Å². The van der Waals surface area contributed by atoms with Gasteiger partial charge in [0.05, 0.1) is 0 Å². The second-order valence-corrected chi connectivity index (χ2v) is 6.14. The van der Waals surface area contributed by atoms with Crippen molar-refractivity contribution in [3.63, 3.8) is 0 Å². The van der Waals surface area contributed by atoms with E-state index in [-0.39, 0.29) is 30.2 Å². The molecule has 0 aliphatic carbocycles. The molecule has 22 heavy (non-hydrogen) atoms. The highest BCUT2D eigenvalue weighted by Gasteiger charge is 2.20. The average Bonchev–Trinajstić information content (AvgIpc) is 2.95. The Labute approximate surface area is 138 Å². The van der Waals surface area contributed by atoms with Gasteiger partial charge >= 0.3 is 0 Å². The van der Waals surface area contributed by atoms with Crippen LogP contribution in [0.25, 0.3) is 0 Å². The Morgan fingerprint density at radius 3 is 2.82 bits per heavy atom. The van der Waals surface area contributed by atoms with Crippen LogP contribution in [0.4, 0.5) is 4.39 Å². The molecular formula is C17H26ClFN2O. The molecule has 124 valence electrons. The van der Waals surface area contributed by atoms with E-state index < -0.39 is 0 Å². The van der Waals surface area contributed by atoms with Crippen molar-refractivity contribution in [2.24, 2.45) is 5.92 Å². The molecule has 1 saturated heterocycles. The molecule has 1 aromatic rings. The molecule has 1 heterocycles. The molecule has 1 amide bonds. The lowest BCUT2D eigenvalue weighted by atomic mass is 10.0. The van der Waals surface area contributed by atoms with Crippen LogP contribution in [0.3, 0.4) is 0 Å². The molecule has 5 heteroatoms. The molecule has 3 nitrogen and oxygen atoms in total. The Hall–Kier alpha value is -1.13. The highest BCUT2D eigenvalue weighted by molar-refractivity contribution is 5.85. The molecule has 0 spiro atoms. The molecule has 0 saturated carbocycles. The summed E-state index contributed by atoms with van der Waals surface area (Å²) in [6.45, 7) is 6.59. The van der Waals surface area contributed by atoms with Crippen molar-refractivity contribution in [1.82, 2.24) is 10.2 Å². The number of carbonyl (C=O) groups is 1. The van der Waals surface area contributed by atoms with Gasteiger partial charge in [-0.05, 0) is 63.4 Å². The fourth-order valence-corrected chi connectivity index (χ4v) is 2.82. The first-order valence-electron chi connectivity index (χ1n) is 7.81. The van der Waals surface area contributed by atoms with Crippen molar-refractivity contribution in [3.8, 4) is 0 Å². The van der Waals surface area contributed by atoms with Crippen LogP contribution in [0.15, 0.2) is 24.3 Å². The number of rotatable bonds is 6. The Morgan fingerprint density at radius 1 is 1.45 bits per heavy atom. The number of hydrogen-bond acceptors (Lipinski definition) is 2. The van der Waals surface area contributed by atoms with Crippen LogP contribution in [0.5, 0.6) is 0 Å². The van der Waals surface area contributed by atoms with Gasteiger partial charge in [0.25, 0.3) is 0 Å². The SMILES string of the molecule is CC(C)N(Cc1cccc(F)c1)C(=O)CCC1CCNC1.Cl. The van der Waals surface area contributed by atoms with Gasteiger partial charge in [-0.15, -0.1) is 12.4 Å². The van der Waals surface area contributed by atoms with Gasteiger partial charge in [0.15, 0.2) is 0 Å². The molecule has 1 unspecified atom stereocenters. The number of hydrogen-bond donors (Lipinski definition) is 1. The van der Waals surface area contributed by atoms with Crippen molar-refractivity contribution in [3.05, 3.63) is 35.6 Å². The fraction of sp³-hybridized carbons (Fsp3) is 0.588. The first kappa shape index (κ1) is 18.9. The number of halogens is 2. The summed E-state index contributed by atoms with van der Waals surface area (Å²) in [5.74, 6) is 0.541. The summed E-state index contributed by atoms with van der Waals surface area (Å²) in [4.78, 5) is 14.3. The van der Waals surface area contributed by atoms with Gasteiger partial charge in [0.2, 0.25) is 5.91 Å². The fourth-order valence-electron chi connectivity index (χ4n) is 2.82. The Morgan fingerprint density at radius 2 is 2.23 bits per heavy atom. The van der Waals surface area contributed by atoms with E-state index in [1.54, 1.807) is 6.07 Å². The molecule has 2 rings (SSSR count). The minimum atomic E-state index is -0.249. The van der Waals surface area contributed by atoms with Crippen molar-refractivity contribution in [1.29, 1.82) is 0 Å². The topological polar surface area (TPSA) is 32.3 Å². The molecule has 0 aromatic heterocycles. The molecule has 1 aliphatic rings. The number of benzene rings is 1.